The molecule has 0 aliphatic carbocycles. The summed E-state index contributed by atoms with van der Waals surface area (Å²) in [7, 11) is 0. The number of carbonyl (C=O) groups is 2. The van der Waals surface area contributed by atoms with Gasteiger partial charge in [0.2, 0.25) is 5.91 Å². The zero-order chi connectivity index (χ0) is 24.9. The molecular formula is C28H28ClN3O2S. The topological polar surface area (TPSA) is 63.1 Å². The summed E-state index contributed by atoms with van der Waals surface area (Å²) in [5.41, 5.74) is 5.86. The highest BCUT2D eigenvalue weighted by atomic mass is 35.5. The zero-order valence-electron chi connectivity index (χ0n) is 20.0. The van der Waals surface area contributed by atoms with Gasteiger partial charge in [0, 0.05) is 51.4 Å². The van der Waals surface area contributed by atoms with Crippen LogP contribution in [0.3, 0.4) is 0 Å². The van der Waals surface area contributed by atoms with Gasteiger partial charge in [-0.1, -0.05) is 47.5 Å². The number of fused-ring (bicyclic) bond motifs is 1. The number of hydrogen-bond donors (Lipinski definition) is 2. The van der Waals surface area contributed by atoms with E-state index in [1.54, 1.807) is 24.3 Å². The van der Waals surface area contributed by atoms with Crippen molar-refractivity contribution < 1.29 is 9.59 Å². The molecule has 0 radical (unpaired) electrons. The average Bonchev–Trinajstić information content (AvgIpc) is 3.18. The summed E-state index contributed by atoms with van der Waals surface area (Å²) in [5.74, 6) is 0.150. The van der Waals surface area contributed by atoms with Gasteiger partial charge in [-0.2, -0.15) is 0 Å². The summed E-state index contributed by atoms with van der Waals surface area (Å²) in [6.07, 6.45) is 2.05. The SMILES string of the molecule is Cc1cc(C)c(NC(=O)CSc2cn(CCNC(=O)c3ccc(Cl)cc3)c3ccccc23)c(C)c1. The number of amides is 2. The molecule has 4 aromatic rings. The zero-order valence-corrected chi connectivity index (χ0v) is 21.6. The maximum absolute atomic E-state index is 12.7. The van der Waals surface area contributed by atoms with Crippen LogP contribution in [0.5, 0.6) is 0 Å². The fourth-order valence-corrected chi connectivity index (χ4v) is 5.22. The minimum atomic E-state index is -0.133. The number of carbonyl (C=O) groups excluding carboxylic acids is 2. The number of benzene rings is 3. The van der Waals surface area contributed by atoms with Gasteiger partial charge in [-0.25, -0.2) is 0 Å². The Balaban J connectivity index is 1.40. The normalized spacial score (nSPS) is 11.0. The van der Waals surface area contributed by atoms with E-state index in [1.165, 1.54) is 17.3 Å². The first-order chi connectivity index (χ1) is 16.8. The number of hydrogen-bond acceptors (Lipinski definition) is 3. The van der Waals surface area contributed by atoms with Crippen LogP contribution in [0.1, 0.15) is 27.0 Å². The van der Waals surface area contributed by atoms with Crippen LogP contribution in [0.4, 0.5) is 5.69 Å². The molecule has 0 saturated heterocycles. The molecule has 0 spiro atoms. The number of aryl methyl sites for hydroxylation is 3. The van der Waals surface area contributed by atoms with Crippen molar-refractivity contribution in [3.8, 4) is 0 Å². The predicted octanol–water partition coefficient (Wildman–Crippen LogP) is 6.38. The quantitative estimate of drug-likeness (QED) is 0.273. The monoisotopic (exact) mass is 505 g/mol. The van der Waals surface area contributed by atoms with Crippen molar-refractivity contribution in [1.29, 1.82) is 0 Å². The molecule has 7 heteroatoms. The molecule has 0 unspecified atom stereocenters. The molecule has 180 valence electrons. The van der Waals surface area contributed by atoms with Crippen LogP contribution in [0, 0.1) is 20.8 Å². The van der Waals surface area contributed by atoms with E-state index in [4.69, 9.17) is 11.6 Å². The van der Waals surface area contributed by atoms with Gasteiger partial charge in [0.1, 0.15) is 0 Å². The summed E-state index contributed by atoms with van der Waals surface area (Å²) >= 11 is 7.42. The van der Waals surface area contributed by atoms with Gasteiger partial charge in [-0.15, -0.1) is 11.8 Å². The van der Waals surface area contributed by atoms with Crippen LogP contribution in [0.2, 0.25) is 5.02 Å². The van der Waals surface area contributed by atoms with Crippen molar-refractivity contribution in [1.82, 2.24) is 9.88 Å². The van der Waals surface area contributed by atoms with E-state index in [0.717, 1.165) is 32.6 Å². The molecule has 3 aromatic carbocycles. The Morgan fingerprint density at radius 3 is 2.37 bits per heavy atom. The maximum Gasteiger partial charge on any atom is 0.251 e. The van der Waals surface area contributed by atoms with Crippen molar-refractivity contribution in [2.24, 2.45) is 0 Å². The Morgan fingerprint density at radius 1 is 0.971 bits per heavy atom. The lowest BCUT2D eigenvalue weighted by Crippen LogP contribution is -2.27. The van der Waals surface area contributed by atoms with Crippen LogP contribution in [-0.2, 0) is 11.3 Å². The third-order valence-electron chi connectivity index (χ3n) is 5.80. The van der Waals surface area contributed by atoms with E-state index < -0.39 is 0 Å². The Bertz CT molecular complexity index is 1360. The first-order valence-electron chi connectivity index (χ1n) is 11.4. The van der Waals surface area contributed by atoms with Crippen LogP contribution in [-0.4, -0.2) is 28.7 Å². The second-order valence-corrected chi connectivity index (χ2v) is 10.0. The average molecular weight is 506 g/mol. The Morgan fingerprint density at radius 2 is 1.66 bits per heavy atom. The van der Waals surface area contributed by atoms with Gasteiger partial charge in [-0.3, -0.25) is 9.59 Å². The van der Waals surface area contributed by atoms with Gasteiger partial charge in [0.25, 0.3) is 5.91 Å². The highest BCUT2D eigenvalue weighted by molar-refractivity contribution is 8.00. The molecule has 2 N–H and O–H groups in total. The number of para-hydroxylation sites is 1. The van der Waals surface area contributed by atoms with Gasteiger partial charge in [0.15, 0.2) is 0 Å². The molecule has 0 bridgehead atoms. The molecule has 0 fully saturated rings. The van der Waals surface area contributed by atoms with E-state index >= 15 is 0 Å². The standard InChI is InChI=1S/C28H28ClN3O2S/c1-18-14-19(2)27(20(3)15-18)31-26(33)17-35-25-16-32(24-7-5-4-6-23(24)25)13-12-30-28(34)21-8-10-22(29)11-9-21/h4-11,14-16H,12-13,17H2,1-3H3,(H,30,34)(H,31,33). The first kappa shape index (κ1) is 24.9. The van der Waals surface area contributed by atoms with E-state index in [9.17, 15) is 9.59 Å². The van der Waals surface area contributed by atoms with Gasteiger partial charge >= 0.3 is 0 Å². The number of anilines is 1. The first-order valence-corrected chi connectivity index (χ1v) is 12.8. The molecule has 4 rings (SSSR count). The third-order valence-corrected chi connectivity index (χ3v) is 7.09. The number of aromatic nitrogens is 1. The predicted molar refractivity (Wildman–Crippen MR) is 146 cm³/mol. The highest BCUT2D eigenvalue weighted by Gasteiger charge is 2.13. The second kappa shape index (κ2) is 11.0. The summed E-state index contributed by atoms with van der Waals surface area (Å²) in [6, 6.07) is 19.1. The Labute approximate surface area is 214 Å². The maximum atomic E-state index is 12.7. The van der Waals surface area contributed by atoms with Crippen molar-refractivity contribution in [3.05, 3.63) is 94.1 Å². The summed E-state index contributed by atoms with van der Waals surface area (Å²) in [6.45, 7) is 7.19. The third kappa shape index (κ3) is 6.08. The van der Waals surface area contributed by atoms with Crippen LogP contribution < -0.4 is 10.6 Å². The van der Waals surface area contributed by atoms with Gasteiger partial charge < -0.3 is 15.2 Å². The Kier molecular flexibility index (Phi) is 7.83. The van der Waals surface area contributed by atoms with Crippen molar-refractivity contribution >= 4 is 51.8 Å². The number of thioether (sulfide) groups is 1. The van der Waals surface area contributed by atoms with E-state index in [-0.39, 0.29) is 11.8 Å². The molecule has 35 heavy (non-hydrogen) atoms. The molecular weight excluding hydrogens is 478 g/mol. The summed E-state index contributed by atoms with van der Waals surface area (Å²) in [5, 5.41) is 7.73. The minimum absolute atomic E-state index is 0.0305. The molecule has 1 aromatic heterocycles. The fourth-order valence-electron chi connectivity index (χ4n) is 4.20. The van der Waals surface area contributed by atoms with E-state index in [0.29, 0.717) is 29.4 Å². The molecule has 2 amide bonds. The molecule has 0 saturated carbocycles. The smallest absolute Gasteiger partial charge is 0.251 e. The van der Waals surface area contributed by atoms with Crippen molar-refractivity contribution in [3.63, 3.8) is 0 Å². The van der Waals surface area contributed by atoms with Crippen molar-refractivity contribution in [2.45, 2.75) is 32.2 Å². The molecule has 0 aliphatic rings. The van der Waals surface area contributed by atoms with E-state index in [2.05, 4.69) is 52.6 Å². The fraction of sp³-hybridized carbons (Fsp3) is 0.214. The van der Waals surface area contributed by atoms with Gasteiger partial charge in [0.05, 0.1) is 5.75 Å². The molecule has 0 atom stereocenters. The number of halogens is 1. The Hall–Kier alpha value is -3.22. The number of nitrogens with one attached hydrogen (secondary N) is 2. The minimum Gasteiger partial charge on any atom is -0.350 e. The highest BCUT2D eigenvalue weighted by Crippen LogP contribution is 2.30. The molecule has 5 nitrogen and oxygen atoms in total. The van der Waals surface area contributed by atoms with Crippen molar-refractivity contribution in [2.75, 3.05) is 17.6 Å². The lowest BCUT2D eigenvalue weighted by molar-refractivity contribution is -0.113. The van der Waals surface area contributed by atoms with E-state index in [1.807, 2.05) is 26.0 Å². The summed E-state index contributed by atoms with van der Waals surface area (Å²) in [4.78, 5) is 26.2. The molecule has 1 heterocycles. The van der Waals surface area contributed by atoms with Crippen LogP contribution in [0.25, 0.3) is 10.9 Å². The van der Waals surface area contributed by atoms with Gasteiger partial charge in [-0.05, 0) is 62.2 Å². The largest absolute Gasteiger partial charge is 0.350 e. The lowest BCUT2D eigenvalue weighted by Gasteiger charge is -2.12. The lowest BCUT2D eigenvalue weighted by atomic mass is 10.1. The number of rotatable bonds is 8. The molecule has 0 aliphatic heterocycles. The van der Waals surface area contributed by atoms with Crippen LogP contribution >= 0.6 is 23.4 Å². The second-order valence-electron chi connectivity index (χ2n) is 8.58. The van der Waals surface area contributed by atoms with Crippen LogP contribution in [0.15, 0.2) is 71.8 Å². The number of nitrogens with zero attached hydrogens (tertiary/aromatic N) is 1. The summed E-state index contributed by atoms with van der Waals surface area (Å²) < 4.78 is 2.12.